The Balaban J connectivity index is 1.48. The second-order valence-corrected chi connectivity index (χ2v) is 6.60. The Morgan fingerprint density at radius 3 is 2.78 bits per heavy atom. The van der Waals surface area contributed by atoms with Crippen molar-refractivity contribution in [2.24, 2.45) is 0 Å². The van der Waals surface area contributed by atoms with E-state index in [0.29, 0.717) is 36.6 Å². The fourth-order valence-electron chi connectivity index (χ4n) is 3.09. The molecule has 1 aliphatic heterocycles. The number of fused-ring (bicyclic) bond motifs is 1. The molecule has 1 aliphatic rings. The Kier molecular flexibility index (Phi) is 4.54. The maximum Gasteiger partial charge on any atom is 0.322 e. The molecule has 0 unspecified atom stereocenters. The first kappa shape index (κ1) is 17.1. The minimum Gasteiger partial charge on any atom is -0.320 e. The number of anilines is 1. The number of nitrogens with one attached hydrogen (secondary N) is 1. The smallest absolute Gasteiger partial charge is 0.320 e. The van der Waals surface area contributed by atoms with Crippen LogP contribution in [0.2, 0.25) is 0 Å². The molecule has 0 aliphatic carbocycles. The van der Waals surface area contributed by atoms with Crippen molar-refractivity contribution in [1.82, 2.24) is 14.9 Å². The van der Waals surface area contributed by atoms with E-state index in [1.54, 1.807) is 30.2 Å². The topological polar surface area (TPSA) is 58.1 Å². The average molecular weight is 362 g/mol. The number of aryl methyl sites for hydroxylation is 1. The zero-order valence-corrected chi connectivity index (χ0v) is 14.9. The zero-order chi connectivity index (χ0) is 18.8. The summed E-state index contributed by atoms with van der Waals surface area (Å²) in [4.78, 5) is 23.3. The molecule has 5 nitrogen and oxygen atoms in total. The van der Waals surface area contributed by atoms with Gasteiger partial charge in [-0.2, -0.15) is 0 Å². The van der Waals surface area contributed by atoms with Gasteiger partial charge in [0.15, 0.2) is 5.82 Å². The summed E-state index contributed by atoms with van der Waals surface area (Å²) in [5, 5.41) is 2.75. The summed E-state index contributed by atoms with van der Waals surface area (Å²) in [5.41, 5.74) is 3.87. The van der Waals surface area contributed by atoms with Crippen LogP contribution in [0.15, 0.2) is 54.7 Å². The van der Waals surface area contributed by atoms with E-state index < -0.39 is 0 Å². The molecule has 2 amide bonds. The molecule has 0 radical (unpaired) electrons. The normalized spacial score (nSPS) is 13.2. The predicted octanol–water partition coefficient (Wildman–Crippen LogP) is 4.18. The van der Waals surface area contributed by atoms with Crippen LogP contribution in [0.5, 0.6) is 0 Å². The molecule has 0 atom stereocenters. The van der Waals surface area contributed by atoms with Gasteiger partial charge in [0.25, 0.3) is 0 Å². The minimum atomic E-state index is -0.335. The molecule has 2 heterocycles. The summed E-state index contributed by atoms with van der Waals surface area (Å²) >= 11 is 0. The summed E-state index contributed by atoms with van der Waals surface area (Å²) < 4.78 is 13.7. The van der Waals surface area contributed by atoms with Crippen molar-refractivity contribution < 1.29 is 9.18 Å². The third kappa shape index (κ3) is 3.65. The third-order valence-electron chi connectivity index (χ3n) is 4.68. The van der Waals surface area contributed by atoms with E-state index in [2.05, 4.69) is 15.3 Å². The predicted molar refractivity (Wildman–Crippen MR) is 102 cm³/mol. The Labute approximate surface area is 156 Å². The largest absolute Gasteiger partial charge is 0.322 e. The molecule has 0 bridgehead atoms. The van der Waals surface area contributed by atoms with E-state index in [4.69, 9.17) is 0 Å². The Morgan fingerprint density at radius 1 is 1.19 bits per heavy atom. The zero-order valence-electron chi connectivity index (χ0n) is 14.9. The number of aromatic nitrogens is 2. The van der Waals surface area contributed by atoms with E-state index in [1.807, 2.05) is 30.3 Å². The first-order chi connectivity index (χ1) is 13.1. The summed E-state index contributed by atoms with van der Waals surface area (Å²) in [6.45, 7) is 2.68. The van der Waals surface area contributed by atoms with Gasteiger partial charge >= 0.3 is 6.03 Å². The second-order valence-electron chi connectivity index (χ2n) is 6.60. The Bertz CT molecular complexity index is 991. The van der Waals surface area contributed by atoms with Crippen LogP contribution in [0, 0.1) is 12.7 Å². The number of nitrogens with zero attached hydrogens (tertiary/aromatic N) is 3. The molecular weight excluding hydrogens is 343 g/mol. The van der Waals surface area contributed by atoms with Crippen LogP contribution in [0.3, 0.4) is 0 Å². The molecule has 3 aromatic rings. The van der Waals surface area contributed by atoms with Crippen LogP contribution in [0.25, 0.3) is 11.4 Å². The number of halogens is 1. The first-order valence-electron chi connectivity index (χ1n) is 8.82. The SMILES string of the molecule is Cc1ccc(NC(=O)N2CCc3nc(-c4ccccc4)ncc3C2)cc1F. The van der Waals surface area contributed by atoms with Crippen LogP contribution >= 0.6 is 0 Å². The van der Waals surface area contributed by atoms with E-state index >= 15 is 0 Å². The number of urea groups is 1. The summed E-state index contributed by atoms with van der Waals surface area (Å²) in [7, 11) is 0. The standard InChI is InChI=1S/C21H19FN4O/c1-14-7-8-17(11-18(14)22)24-21(27)26-10-9-19-16(13-26)12-23-20(25-19)15-5-3-2-4-6-15/h2-8,11-12H,9-10,13H2,1H3,(H,24,27). The highest BCUT2D eigenvalue weighted by Gasteiger charge is 2.22. The molecular formula is C21H19FN4O. The third-order valence-corrected chi connectivity index (χ3v) is 4.68. The maximum atomic E-state index is 13.7. The summed E-state index contributed by atoms with van der Waals surface area (Å²) in [6, 6.07) is 14.3. The average Bonchev–Trinajstić information content (AvgIpc) is 2.70. The molecule has 1 aromatic heterocycles. The van der Waals surface area contributed by atoms with Gasteiger partial charge in [-0.1, -0.05) is 36.4 Å². The highest BCUT2D eigenvalue weighted by Crippen LogP contribution is 2.22. The van der Waals surface area contributed by atoms with Crippen LogP contribution < -0.4 is 5.32 Å². The van der Waals surface area contributed by atoms with Crippen molar-refractivity contribution in [3.8, 4) is 11.4 Å². The fraction of sp³-hybridized carbons (Fsp3) is 0.190. The van der Waals surface area contributed by atoms with Gasteiger partial charge in [0, 0.05) is 36.0 Å². The lowest BCUT2D eigenvalue weighted by Gasteiger charge is -2.28. The number of benzene rings is 2. The van der Waals surface area contributed by atoms with Crippen LogP contribution in [0.4, 0.5) is 14.9 Å². The van der Waals surface area contributed by atoms with Crippen molar-refractivity contribution in [2.75, 3.05) is 11.9 Å². The summed E-state index contributed by atoms with van der Waals surface area (Å²) in [6.07, 6.45) is 2.45. The molecule has 4 rings (SSSR count). The van der Waals surface area contributed by atoms with Crippen molar-refractivity contribution in [1.29, 1.82) is 0 Å². The lowest BCUT2D eigenvalue weighted by molar-refractivity contribution is 0.206. The molecule has 6 heteroatoms. The molecule has 1 N–H and O–H groups in total. The molecule has 0 saturated heterocycles. The fourth-order valence-corrected chi connectivity index (χ4v) is 3.09. The van der Waals surface area contributed by atoms with Gasteiger partial charge in [0.1, 0.15) is 5.82 Å². The molecule has 0 saturated carbocycles. The van der Waals surface area contributed by atoms with Crippen molar-refractivity contribution in [2.45, 2.75) is 19.9 Å². The highest BCUT2D eigenvalue weighted by atomic mass is 19.1. The quantitative estimate of drug-likeness (QED) is 0.744. The second kappa shape index (κ2) is 7.15. The van der Waals surface area contributed by atoms with E-state index in [9.17, 15) is 9.18 Å². The molecule has 136 valence electrons. The minimum absolute atomic E-state index is 0.254. The lowest BCUT2D eigenvalue weighted by Crippen LogP contribution is -2.39. The van der Waals surface area contributed by atoms with Gasteiger partial charge < -0.3 is 10.2 Å². The highest BCUT2D eigenvalue weighted by molar-refractivity contribution is 5.89. The van der Waals surface area contributed by atoms with Crippen molar-refractivity contribution >= 4 is 11.7 Å². The molecule has 2 aromatic carbocycles. The van der Waals surface area contributed by atoms with E-state index in [-0.39, 0.29) is 11.8 Å². The van der Waals surface area contributed by atoms with Gasteiger partial charge in [-0.15, -0.1) is 0 Å². The number of carbonyl (C=O) groups excluding carboxylic acids is 1. The van der Waals surface area contributed by atoms with E-state index in [1.165, 1.54) is 6.07 Å². The summed E-state index contributed by atoms with van der Waals surface area (Å²) in [5.74, 6) is 0.362. The van der Waals surface area contributed by atoms with Crippen LogP contribution in [-0.2, 0) is 13.0 Å². The Morgan fingerprint density at radius 2 is 2.00 bits per heavy atom. The number of carbonyl (C=O) groups is 1. The van der Waals surface area contributed by atoms with Crippen molar-refractivity contribution in [3.63, 3.8) is 0 Å². The van der Waals surface area contributed by atoms with E-state index in [0.717, 1.165) is 16.8 Å². The maximum absolute atomic E-state index is 13.7. The van der Waals surface area contributed by atoms with Crippen molar-refractivity contribution in [3.05, 3.63) is 77.4 Å². The Hall–Kier alpha value is -3.28. The number of hydrogen-bond acceptors (Lipinski definition) is 3. The van der Waals surface area contributed by atoms with Crippen LogP contribution in [0.1, 0.15) is 16.8 Å². The van der Waals surface area contributed by atoms with Gasteiger partial charge in [0.05, 0.1) is 12.2 Å². The number of rotatable bonds is 2. The molecule has 0 fully saturated rings. The van der Waals surface area contributed by atoms with Gasteiger partial charge in [0.2, 0.25) is 0 Å². The lowest BCUT2D eigenvalue weighted by atomic mass is 10.1. The number of hydrogen-bond donors (Lipinski definition) is 1. The van der Waals surface area contributed by atoms with Gasteiger partial charge in [-0.3, -0.25) is 0 Å². The van der Waals surface area contributed by atoms with Gasteiger partial charge in [-0.25, -0.2) is 19.2 Å². The molecule has 27 heavy (non-hydrogen) atoms. The first-order valence-corrected chi connectivity index (χ1v) is 8.82. The number of amides is 2. The van der Waals surface area contributed by atoms with Crippen LogP contribution in [-0.4, -0.2) is 27.4 Å². The molecule has 0 spiro atoms. The monoisotopic (exact) mass is 362 g/mol. The van der Waals surface area contributed by atoms with Gasteiger partial charge in [-0.05, 0) is 24.6 Å².